The molecule has 0 atom stereocenters. The molecule has 0 amide bonds. The molecule has 0 aliphatic rings. The summed E-state index contributed by atoms with van der Waals surface area (Å²) < 4.78 is 30.0. The van der Waals surface area contributed by atoms with Gasteiger partial charge in [0.25, 0.3) is 10.0 Å². The molecule has 0 saturated carbocycles. The van der Waals surface area contributed by atoms with Crippen LogP contribution in [0.5, 0.6) is 0 Å². The first kappa shape index (κ1) is 18.2. The first-order chi connectivity index (χ1) is 14.1. The van der Waals surface area contributed by atoms with Crippen LogP contribution in [0.15, 0.2) is 63.5 Å². The van der Waals surface area contributed by atoms with Gasteiger partial charge in [0.15, 0.2) is 11.6 Å². The van der Waals surface area contributed by atoms with Gasteiger partial charge >= 0.3 is 0 Å². The molecule has 29 heavy (non-hydrogen) atoms. The molecule has 0 fully saturated rings. The Morgan fingerprint density at radius 1 is 1.00 bits per heavy atom. The van der Waals surface area contributed by atoms with Crippen molar-refractivity contribution in [2.24, 2.45) is 0 Å². The second-order valence-electron chi connectivity index (χ2n) is 6.19. The smallest absolute Gasteiger partial charge is 0.269 e. The predicted octanol–water partition coefficient (Wildman–Crippen LogP) is 4.28. The van der Waals surface area contributed by atoms with Crippen molar-refractivity contribution >= 4 is 55.2 Å². The zero-order valence-electron chi connectivity index (χ0n) is 15.3. The maximum absolute atomic E-state index is 13.3. The third kappa shape index (κ3) is 2.83. The molecule has 0 spiro atoms. The highest BCUT2D eigenvalue weighted by atomic mass is 32.2. The van der Waals surface area contributed by atoms with E-state index in [1.807, 2.05) is 46.2 Å². The number of benzene rings is 1. The zero-order chi connectivity index (χ0) is 20.0. The number of fused-ring (bicyclic) bond motifs is 3. The van der Waals surface area contributed by atoms with Crippen molar-refractivity contribution in [3.8, 4) is 10.7 Å². The molecule has 0 N–H and O–H groups in total. The second kappa shape index (κ2) is 6.90. The average Bonchev–Trinajstić information content (AvgIpc) is 3.49. The maximum atomic E-state index is 13.3. The molecule has 0 bridgehead atoms. The van der Waals surface area contributed by atoms with Gasteiger partial charge in [-0.25, -0.2) is 17.7 Å². The van der Waals surface area contributed by atoms with Crippen LogP contribution >= 0.6 is 22.7 Å². The lowest BCUT2D eigenvalue weighted by atomic mass is 10.3. The van der Waals surface area contributed by atoms with E-state index in [0.29, 0.717) is 17.0 Å². The lowest BCUT2D eigenvalue weighted by molar-refractivity contribution is 0.593. The summed E-state index contributed by atoms with van der Waals surface area (Å²) in [7, 11) is -3.75. The van der Waals surface area contributed by atoms with Crippen molar-refractivity contribution in [2.75, 3.05) is 10.8 Å². The Bertz CT molecular complexity index is 1410. The van der Waals surface area contributed by atoms with Crippen LogP contribution in [0.2, 0.25) is 0 Å². The number of hydrogen-bond donors (Lipinski definition) is 0. The van der Waals surface area contributed by atoms with Crippen LogP contribution in [-0.2, 0) is 10.0 Å². The van der Waals surface area contributed by atoms with E-state index in [0.717, 1.165) is 10.4 Å². The van der Waals surface area contributed by atoms with Crippen molar-refractivity contribution in [1.82, 2.24) is 19.6 Å². The van der Waals surface area contributed by atoms with E-state index in [1.54, 1.807) is 35.8 Å². The first-order valence-electron chi connectivity index (χ1n) is 8.85. The fourth-order valence-corrected chi connectivity index (χ4v) is 6.48. The monoisotopic (exact) mass is 441 g/mol. The summed E-state index contributed by atoms with van der Waals surface area (Å²) in [5.41, 5.74) is 1.91. The summed E-state index contributed by atoms with van der Waals surface area (Å²) in [6, 6.07) is 14.8. The minimum atomic E-state index is -3.75. The number of thiophene rings is 2. The highest BCUT2D eigenvalue weighted by Gasteiger charge is 2.29. The van der Waals surface area contributed by atoms with Gasteiger partial charge in [-0.05, 0) is 41.9 Å². The predicted molar refractivity (Wildman–Crippen MR) is 116 cm³/mol. The van der Waals surface area contributed by atoms with Crippen LogP contribution in [0.1, 0.15) is 6.92 Å². The van der Waals surface area contributed by atoms with E-state index in [2.05, 4.69) is 15.2 Å². The van der Waals surface area contributed by atoms with E-state index in [9.17, 15) is 8.42 Å². The van der Waals surface area contributed by atoms with E-state index >= 15 is 0 Å². The Morgan fingerprint density at radius 3 is 2.52 bits per heavy atom. The van der Waals surface area contributed by atoms with E-state index in [4.69, 9.17) is 0 Å². The highest BCUT2D eigenvalue weighted by Crippen LogP contribution is 2.33. The van der Waals surface area contributed by atoms with Gasteiger partial charge in [0.2, 0.25) is 5.65 Å². The second-order valence-corrected chi connectivity index (χ2v) is 10.2. The van der Waals surface area contributed by atoms with Crippen molar-refractivity contribution in [2.45, 2.75) is 11.1 Å². The normalized spacial score (nSPS) is 12.0. The van der Waals surface area contributed by atoms with Crippen LogP contribution < -0.4 is 4.31 Å². The molecule has 7 nitrogen and oxygen atoms in total. The Morgan fingerprint density at radius 2 is 1.79 bits per heavy atom. The van der Waals surface area contributed by atoms with Crippen molar-refractivity contribution in [1.29, 1.82) is 0 Å². The van der Waals surface area contributed by atoms with Crippen molar-refractivity contribution < 1.29 is 8.42 Å². The number of para-hydroxylation sites is 2. The molecule has 4 aromatic heterocycles. The summed E-state index contributed by atoms with van der Waals surface area (Å²) in [6.07, 6.45) is 0. The molecule has 0 saturated heterocycles. The van der Waals surface area contributed by atoms with Gasteiger partial charge in [0.1, 0.15) is 4.21 Å². The Hall–Kier alpha value is -2.82. The van der Waals surface area contributed by atoms with Crippen LogP contribution in [0.4, 0.5) is 5.82 Å². The molecular weight excluding hydrogens is 426 g/mol. The topological polar surface area (TPSA) is 80.5 Å². The Kier molecular flexibility index (Phi) is 4.34. The summed E-state index contributed by atoms with van der Waals surface area (Å²) in [4.78, 5) is 5.62. The molecule has 0 aliphatic carbocycles. The summed E-state index contributed by atoms with van der Waals surface area (Å²) in [6.45, 7) is 2.01. The molecule has 5 rings (SSSR count). The third-order valence-electron chi connectivity index (χ3n) is 4.52. The molecule has 146 valence electrons. The number of rotatable bonds is 5. The number of sulfonamides is 1. The number of nitrogens with zero attached hydrogens (tertiary/aromatic N) is 5. The third-order valence-corrected chi connectivity index (χ3v) is 8.62. The zero-order valence-corrected chi connectivity index (χ0v) is 17.7. The highest BCUT2D eigenvalue weighted by molar-refractivity contribution is 7.94. The molecule has 0 radical (unpaired) electrons. The Labute approximate surface area is 175 Å². The fraction of sp³-hybridized carbons (Fsp3) is 0.105. The largest absolute Gasteiger partial charge is 0.275 e. The minimum absolute atomic E-state index is 0.225. The summed E-state index contributed by atoms with van der Waals surface area (Å²) in [5.74, 6) is 0.939. The molecule has 5 aromatic rings. The maximum Gasteiger partial charge on any atom is 0.275 e. The summed E-state index contributed by atoms with van der Waals surface area (Å²) in [5, 5.41) is 12.4. The van der Waals surface area contributed by atoms with E-state index in [1.165, 1.54) is 15.6 Å². The molecule has 0 aliphatic heterocycles. The summed E-state index contributed by atoms with van der Waals surface area (Å²) >= 11 is 2.74. The van der Waals surface area contributed by atoms with Crippen LogP contribution in [0, 0.1) is 0 Å². The van der Waals surface area contributed by atoms with Gasteiger partial charge in [-0.15, -0.1) is 32.9 Å². The van der Waals surface area contributed by atoms with Crippen molar-refractivity contribution in [3.05, 3.63) is 59.3 Å². The molecule has 1 aromatic carbocycles. The molecule has 0 unspecified atom stereocenters. The SMILES string of the molecule is CCN(c1nc2ccccc2n2c(-c3cccs3)nnc12)S(=O)(=O)c1cccs1. The standard InChI is InChI=1S/C19H15N5O2S3/c1-2-23(29(25,26)16-10-6-12-28-16)18-19-22-21-17(15-9-5-11-27-15)24(19)14-8-4-3-7-13(14)20-18/h3-12H,2H2,1H3. The van der Waals surface area contributed by atoms with Gasteiger partial charge in [-0.3, -0.25) is 4.40 Å². The van der Waals surface area contributed by atoms with Gasteiger partial charge in [0.05, 0.1) is 15.9 Å². The lowest BCUT2D eigenvalue weighted by Crippen LogP contribution is -2.31. The fourth-order valence-electron chi connectivity index (χ4n) is 3.25. The average molecular weight is 442 g/mol. The van der Waals surface area contributed by atoms with Gasteiger partial charge in [-0.1, -0.05) is 24.3 Å². The molecule has 4 heterocycles. The van der Waals surface area contributed by atoms with Gasteiger partial charge in [-0.2, -0.15) is 0 Å². The van der Waals surface area contributed by atoms with Gasteiger partial charge < -0.3 is 0 Å². The first-order valence-corrected chi connectivity index (χ1v) is 12.0. The number of anilines is 1. The van der Waals surface area contributed by atoms with Crippen LogP contribution in [0.25, 0.3) is 27.4 Å². The van der Waals surface area contributed by atoms with Crippen molar-refractivity contribution in [3.63, 3.8) is 0 Å². The Balaban J connectivity index is 1.84. The van der Waals surface area contributed by atoms with E-state index < -0.39 is 10.0 Å². The molecule has 10 heteroatoms. The van der Waals surface area contributed by atoms with Crippen LogP contribution in [0.3, 0.4) is 0 Å². The minimum Gasteiger partial charge on any atom is -0.269 e. The lowest BCUT2D eigenvalue weighted by Gasteiger charge is -2.21. The quantitative estimate of drug-likeness (QED) is 0.407. The molecular formula is C19H15N5O2S3. The van der Waals surface area contributed by atoms with Gasteiger partial charge in [0, 0.05) is 6.54 Å². The number of aromatic nitrogens is 4. The number of hydrogen-bond acceptors (Lipinski definition) is 7. The van der Waals surface area contributed by atoms with E-state index in [-0.39, 0.29) is 16.6 Å². The van der Waals surface area contributed by atoms with Crippen LogP contribution in [-0.4, -0.2) is 34.5 Å².